The highest BCUT2D eigenvalue weighted by atomic mass is 16.5. The molecule has 1 aromatic rings. The number of hydrogen-bond acceptors (Lipinski definition) is 5. The van der Waals surface area contributed by atoms with E-state index in [9.17, 15) is 14.4 Å². The summed E-state index contributed by atoms with van der Waals surface area (Å²) >= 11 is 0. The Morgan fingerprint density at radius 3 is 2.62 bits per heavy atom. The zero-order valence-electron chi connectivity index (χ0n) is 19.0. The number of nitrogens with zero attached hydrogens (tertiary/aromatic N) is 1. The van der Waals surface area contributed by atoms with Gasteiger partial charge in [0.05, 0.1) is 18.1 Å². The number of nitrogens with one attached hydrogen (secondary N) is 2. The van der Waals surface area contributed by atoms with Crippen LogP contribution in [0, 0.1) is 23.2 Å². The molecule has 6 rings (SSSR count). The number of rotatable bonds is 3. The van der Waals surface area contributed by atoms with Crippen LogP contribution in [0.15, 0.2) is 24.3 Å². The van der Waals surface area contributed by atoms with Crippen LogP contribution in [0.25, 0.3) is 0 Å². The van der Waals surface area contributed by atoms with Gasteiger partial charge in [-0.15, -0.1) is 0 Å². The number of likely N-dealkylation sites (tertiary alicyclic amines) is 1. The van der Waals surface area contributed by atoms with E-state index in [-0.39, 0.29) is 41.0 Å². The second-order valence-electron chi connectivity index (χ2n) is 10.3. The lowest BCUT2D eigenvalue weighted by Gasteiger charge is -2.61. The number of carbonyl (C=O) groups excluding carboxylic acids is 3. The molecule has 1 aromatic carbocycles. The lowest BCUT2D eigenvalue weighted by molar-refractivity contribution is -0.156. The summed E-state index contributed by atoms with van der Waals surface area (Å²) in [4.78, 5) is 40.5. The summed E-state index contributed by atoms with van der Waals surface area (Å²) in [6, 6.07) is 7.65. The maximum absolute atomic E-state index is 13.6. The second kappa shape index (κ2) is 7.78. The number of benzene rings is 1. The van der Waals surface area contributed by atoms with Crippen LogP contribution in [0.4, 0.5) is 5.69 Å². The van der Waals surface area contributed by atoms with Gasteiger partial charge in [0.25, 0.3) is 5.91 Å². The molecule has 2 bridgehead atoms. The molecular weight excluding hydrogens is 406 g/mol. The fourth-order valence-electron chi connectivity index (χ4n) is 6.64. The van der Waals surface area contributed by atoms with Crippen molar-refractivity contribution in [1.82, 2.24) is 10.2 Å². The van der Waals surface area contributed by atoms with Crippen molar-refractivity contribution in [2.75, 3.05) is 25.0 Å². The number of amides is 2. The van der Waals surface area contributed by atoms with E-state index in [1.165, 1.54) is 0 Å². The average molecular weight is 440 g/mol. The summed E-state index contributed by atoms with van der Waals surface area (Å²) in [6.07, 6.45) is 4.88. The summed E-state index contributed by atoms with van der Waals surface area (Å²) in [5, 5.41) is 6.95. The topological polar surface area (TPSA) is 87.7 Å². The molecule has 172 valence electrons. The van der Waals surface area contributed by atoms with Crippen LogP contribution in [0.5, 0.6) is 0 Å². The fourth-order valence-corrected chi connectivity index (χ4v) is 6.64. The Morgan fingerprint density at radius 1 is 1.16 bits per heavy atom. The fraction of sp³-hybridized carbons (Fsp3) is 0.640. The van der Waals surface area contributed by atoms with Crippen LogP contribution in [-0.4, -0.2) is 48.0 Å². The second-order valence-corrected chi connectivity index (χ2v) is 10.3. The SMILES string of the molecule is CCOC(=O)C1CCN(C(=O)[C@@H]2C[C@H]3CC[C@@]2(C)C[C@]32NC(=O)c3ccccc3N2)CC1. The number of hydrogen-bond donors (Lipinski definition) is 2. The highest BCUT2D eigenvalue weighted by Crippen LogP contribution is 2.58. The van der Waals surface area contributed by atoms with Crippen molar-refractivity contribution in [1.29, 1.82) is 0 Å². The maximum Gasteiger partial charge on any atom is 0.309 e. The number of carbonyl (C=O) groups is 3. The lowest BCUT2D eigenvalue weighted by Crippen LogP contribution is -2.70. The van der Waals surface area contributed by atoms with Crippen LogP contribution in [0.3, 0.4) is 0 Å². The van der Waals surface area contributed by atoms with E-state index in [1.54, 1.807) is 0 Å². The Morgan fingerprint density at radius 2 is 1.91 bits per heavy atom. The van der Waals surface area contributed by atoms with Crippen molar-refractivity contribution in [2.24, 2.45) is 23.2 Å². The first-order valence-electron chi connectivity index (χ1n) is 12.0. The van der Waals surface area contributed by atoms with Crippen LogP contribution in [0.1, 0.15) is 62.7 Å². The first kappa shape index (κ1) is 21.3. The van der Waals surface area contributed by atoms with Gasteiger partial charge in [-0.25, -0.2) is 0 Å². The number of anilines is 1. The molecule has 7 heteroatoms. The van der Waals surface area contributed by atoms with Crippen LogP contribution in [-0.2, 0) is 14.3 Å². The van der Waals surface area contributed by atoms with Gasteiger partial charge in [0.2, 0.25) is 5.91 Å². The Hall–Kier alpha value is -2.57. The number of ether oxygens (including phenoxy) is 1. The van der Waals surface area contributed by atoms with Gasteiger partial charge < -0.3 is 20.3 Å². The molecule has 4 fully saturated rings. The summed E-state index contributed by atoms with van der Waals surface area (Å²) < 4.78 is 5.16. The molecule has 0 radical (unpaired) electrons. The molecular formula is C25H33N3O4. The number of esters is 1. The third kappa shape index (κ3) is 3.37. The van der Waals surface area contributed by atoms with Gasteiger partial charge >= 0.3 is 5.97 Å². The normalized spacial score (nSPS) is 33.9. The molecule has 2 aliphatic heterocycles. The van der Waals surface area contributed by atoms with E-state index in [1.807, 2.05) is 36.1 Å². The molecule has 1 spiro atoms. The van der Waals surface area contributed by atoms with E-state index < -0.39 is 5.66 Å². The Balaban J connectivity index is 1.30. The van der Waals surface area contributed by atoms with Gasteiger partial charge in [0.1, 0.15) is 5.66 Å². The van der Waals surface area contributed by atoms with E-state index in [4.69, 9.17) is 4.74 Å². The van der Waals surface area contributed by atoms with E-state index in [0.29, 0.717) is 38.1 Å². The van der Waals surface area contributed by atoms with Crippen molar-refractivity contribution in [2.45, 2.75) is 58.0 Å². The number of para-hydroxylation sites is 1. The molecule has 1 saturated heterocycles. The molecule has 2 heterocycles. The van der Waals surface area contributed by atoms with E-state index in [2.05, 4.69) is 17.6 Å². The molecule has 5 aliphatic rings. The van der Waals surface area contributed by atoms with Gasteiger partial charge in [0, 0.05) is 30.6 Å². The van der Waals surface area contributed by atoms with Gasteiger partial charge in [-0.2, -0.15) is 0 Å². The van der Waals surface area contributed by atoms with Crippen molar-refractivity contribution < 1.29 is 19.1 Å². The minimum Gasteiger partial charge on any atom is -0.466 e. The lowest BCUT2D eigenvalue weighted by atomic mass is 9.51. The van der Waals surface area contributed by atoms with Crippen LogP contribution < -0.4 is 10.6 Å². The van der Waals surface area contributed by atoms with Crippen LogP contribution in [0.2, 0.25) is 0 Å². The van der Waals surface area contributed by atoms with Gasteiger partial charge in [0.15, 0.2) is 0 Å². The van der Waals surface area contributed by atoms with E-state index >= 15 is 0 Å². The smallest absolute Gasteiger partial charge is 0.309 e. The Bertz CT molecular complexity index is 941. The molecule has 2 N–H and O–H groups in total. The molecule has 3 aliphatic carbocycles. The summed E-state index contributed by atoms with van der Waals surface area (Å²) in [6.45, 7) is 5.67. The molecule has 0 unspecified atom stereocenters. The molecule has 2 amide bonds. The quantitative estimate of drug-likeness (QED) is 0.707. The maximum atomic E-state index is 13.6. The molecule has 3 saturated carbocycles. The highest BCUT2D eigenvalue weighted by molar-refractivity contribution is 6.02. The summed E-state index contributed by atoms with van der Waals surface area (Å²) in [5.74, 6) is 0.137. The third-order valence-corrected chi connectivity index (χ3v) is 8.40. The predicted octanol–water partition coefficient (Wildman–Crippen LogP) is 3.17. The Kier molecular flexibility index (Phi) is 5.18. The molecule has 4 atom stereocenters. The van der Waals surface area contributed by atoms with E-state index in [0.717, 1.165) is 31.4 Å². The van der Waals surface area contributed by atoms with Gasteiger partial charge in [-0.1, -0.05) is 19.1 Å². The van der Waals surface area contributed by atoms with Crippen molar-refractivity contribution in [3.8, 4) is 0 Å². The first-order valence-corrected chi connectivity index (χ1v) is 12.0. The van der Waals surface area contributed by atoms with Crippen molar-refractivity contribution >= 4 is 23.5 Å². The molecule has 32 heavy (non-hydrogen) atoms. The van der Waals surface area contributed by atoms with Crippen LogP contribution >= 0.6 is 0 Å². The van der Waals surface area contributed by atoms with Gasteiger partial charge in [-0.3, -0.25) is 14.4 Å². The minimum absolute atomic E-state index is 0.0283. The van der Waals surface area contributed by atoms with Gasteiger partial charge in [-0.05, 0) is 63.0 Å². The first-order chi connectivity index (χ1) is 15.3. The number of piperidine rings is 1. The van der Waals surface area contributed by atoms with Crippen molar-refractivity contribution in [3.05, 3.63) is 29.8 Å². The zero-order chi connectivity index (χ0) is 22.5. The largest absolute Gasteiger partial charge is 0.466 e. The summed E-state index contributed by atoms with van der Waals surface area (Å²) in [5.41, 5.74) is 0.917. The molecule has 7 nitrogen and oxygen atoms in total. The monoisotopic (exact) mass is 439 g/mol. The molecule has 0 aromatic heterocycles. The predicted molar refractivity (Wildman–Crippen MR) is 120 cm³/mol. The highest BCUT2D eigenvalue weighted by Gasteiger charge is 2.60. The summed E-state index contributed by atoms with van der Waals surface area (Å²) in [7, 11) is 0. The zero-order valence-corrected chi connectivity index (χ0v) is 19.0. The van der Waals surface area contributed by atoms with Crippen molar-refractivity contribution in [3.63, 3.8) is 0 Å². The minimum atomic E-state index is -0.480. The third-order valence-electron chi connectivity index (χ3n) is 8.40. The number of fused-ring (bicyclic) bond motifs is 3. The standard InChI is InChI=1S/C25H33N3O4/c1-3-32-23(31)16-9-12-28(13-10-16)22(30)19-14-17-8-11-24(19,2)15-25(17)26-20-7-5-4-6-18(20)21(29)27-25/h4-7,16-17,19,26H,3,8-15H2,1-2H3,(H,27,29)/t17-,19+,24+,25+/m1/s1. The Labute approximate surface area is 189 Å². The average Bonchev–Trinajstić information content (AvgIpc) is 2.78.